The molecule has 2 aromatic rings. The molecule has 1 saturated carbocycles. The van der Waals surface area contributed by atoms with Crippen LogP contribution < -0.4 is 0 Å². The summed E-state index contributed by atoms with van der Waals surface area (Å²) in [6, 6.07) is 10.4. The molecular formula is C19H25N3O2. The van der Waals surface area contributed by atoms with E-state index in [1.54, 1.807) is 0 Å². The quantitative estimate of drug-likeness (QED) is 0.781. The number of likely N-dealkylation sites (tertiary alicyclic amines) is 1. The maximum Gasteiger partial charge on any atom is 0.240 e. The molecule has 4 rings (SSSR count). The Hall–Kier alpha value is -1.72. The highest BCUT2D eigenvalue weighted by Crippen LogP contribution is 2.31. The van der Waals surface area contributed by atoms with E-state index in [0.29, 0.717) is 6.61 Å². The molecule has 5 heteroatoms. The van der Waals surface area contributed by atoms with E-state index < -0.39 is 0 Å². The van der Waals surface area contributed by atoms with Crippen molar-refractivity contribution >= 4 is 0 Å². The van der Waals surface area contributed by atoms with E-state index in [1.165, 1.54) is 18.4 Å². The van der Waals surface area contributed by atoms with Crippen molar-refractivity contribution in [1.29, 1.82) is 0 Å². The van der Waals surface area contributed by atoms with Crippen molar-refractivity contribution in [1.82, 2.24) is 15.0 Å². The summed E-state index contributed by atoms with van der Waals surface area (Å²) in [5.41, 5.74) is 1.23. The zero-order chi connectivity index (χ0) is 16.2. The molecule has 2 fully saturated rings. The average molecular weight is 327 g/mol. The lowest BCUT2D eigenvalue weighted by atomic mass is 10.1. The first-order valence-corrected chi connectivity index (χ1v) is 9.04. The van der Waals surface area contributed by atoms with Crippen molar-refractivity contribution < 1.29 is 9.26 Å². The number of nitrogens with zero attached hydrogens (tertiary/aromatic N) is 3. The van der Waals surface area contributed by atoms with Gasteiger partial charge in [0.1, 0.15) is 0 Å². The molecule has 0 radical (unpaired) electrons. The van der Waals surface area contributed by atoms with Gasteiger partial charge >= 0.3 is 0 Å². The first kappa shape index (κ1) is 15.8. The second-order valence-corrected chi connectivity index (χ2v) is 7.05. The summed E-state index contributed by atoms with van der Waals surface area (Å²) in [5.74, 6) is 2.41. The Kier molecular flexibility index (Phi) is 4.90. The Morgan fingerprint density at radius 1 is 1.17 bits per heavy atom. The van der Waals surface area contributed by atoms with E-state index in [-0.39, 0.29) is 6.10 Å². The SMILES string of the molecule is c1ccc(CO[C@@H]2CCCN(Cc3nc(CC4CC4)no3)C2)cc1. The van der Waals surface area contributed by atoms with E-state index in [9.17, 15) is 0 Å². The minimum absolute atomic E-state index is 0.285. The van der Waals surface area contributed by atoms with Crippen LogP contribution in [0.1, 0.15) is 43.0 Å². The van der Waals surface area contributed by atoms with Crippen LogP contribution in [0.15, 0.2) is 34.9 Å². The lowest BCUT2D eigenvalue weighted by Gasteiger charge is -2.31. The highest BCUT2D eigenvalue weighted by atomic mass is 16.5. The van der Waals surface area contributed by atoms with Crippen LogP contribution in [0, 0.1) is 5.92 Å². The predicted octanol–water partition coefficient (Wildman–Crippen LogP) is 3.20. The highest BCUT2D eigenvalue weighted by molar-refractivity contribution is 5.13. The van der Waals surface area contributed by atoms with E-state index in [0.717, 1.165) is 56.5 Å². The van der Waals surface area contributed by atoms with Gasteiger partial charge in [0.2, 0.25) is 5.89 Å². The summed E-state index contributed by atoms with van der Waals surface area (Å²) >= 11 is 0. The molecule has 1 aliphatic carbocycles. The van der Waals surface area contributed by atoms with Crippen molar-refractivity contribution in [2.45, 2.75) is 51.4 Å². The smallest absolute Gasteiger partial charge is 0.240 e. The summed E-state index contributed by atoms with van der Waals surface area (Å²) in [7, 11) is 0. The third-order valence-corrected chi connectivity index (χ3v) is 4.83. The molecule has 128 valence electrons. The first-order valence-electron chi connectivity index (χ1n) is 9.04. The van der Waals surface area contributed by atoms with Crippen LogP contribution in [0.5, 0.6) is 0 Å². The molecule has 0 spiro atoms. The molecule has 1 atom stereocenters. The minimum Gasteiger partial charge on any atom is -0.372 e. The summed E-state index contributed by atoms with van der Waals surface area (Å²) in [6.07, 6.45) is 6.18. The standard InChI is InChI=1S/C19H25N3O2/c1-2-5-16(6-3-1)14-23-17-7-4-10-22(12-17)13-19-20-18(21-24-19)11-15-8-9-15/h1-3,5-6,15,17H,4,7-14H2/t17-/m1/s1. The summed E-state index contributed by atoms with van der Waals surface area (Å²) < 4.78 is 11.5. The van der Waals surface area contributed by atoms with E-state index in [4.69, 9.17) is 9.26 Å². The fourth-order valence-corrected chi connectivity index (χ4v) is 3.29. The van der Waals surface area contributed by atoms with Crippen molar-refractivity contribution in [3.8, 4) is 0 Å². The average Bonchev–Trinajstić information content (AvgIpc) is 3.32. The van der Waals surface area contributed by atoms with E-state index in [1.807, 2.05) is 6.07 Å². The van der Waals surface area contributed by atoms with E-state index in [2.05, 4.69) is 39.3 Å². The zero-order valence-electron chi connectivity index (χ0n) is 14.1. The van der Waals surface area contributed by atoms with Crippen molar-refractivity contribution in [3.63, 3.8) is 0 Å². The molecule has 1 aromatic heterocycles. The van der Waals surface area contributed by atoms with Gasteiger partial charge in [-0.15, -0.1) is 0 Å². The van der Waals surface area contributed by atoms with Crippen LogP contribution in [0.3, 0.4) is 0 Å². The first-order chi connectivity index (χ1) is 11.8. The Morgan fingerprint density at radius 2 is 2.04 bits per heavy atom. The molecule has 5 nitrogen and oxygen atoms in total. The lowest BCUT2D eigenvalue weighted by molar-refractivity contribution is -0.0141. The Bertz CT molecular complexity index is 639. The zero-order valence-corrected chi connectivity index (χ0v) is 14.1. The van der Waals surface area contributed by atoms with Crippen molar-refractivity contribution in [2.24, 2.45) is 5.92 Å². The van der Waals surface area contributed by atoms with Crippen LogP contribution in [0.4, 0.5) is 0 Å². The molecule has 2 heterocycles. The maximum atomic E-state index is 6.09. The number of rotatable bonds is 7. The van der Waals surface area contributed by atoms with Gasteiger partial charge in [0.25, 0.3) is 0 Å². The van der Waals surface area contributed by atoms with Crippen molar-refractivity contribution in [3.05, 3.63) is 47.6 Å². The lowest BCUT2D eigenvalue weighted by Crippen LogP contribution is -2.39. The topological polar surface area (TPSA) is 51.4 Å². The molecule has 0 bridgehead atoms. The van der Waals surface area contributed by atoms with Gasteiger partial charge in [0.05, 0.1) is 19.3 Å². The van der Waals surface area contributed by atoms with Gasteiger partial charge in [-0.25, -0.2) is 0 Å². The number of ether oxygens (including phenoxy) is 1. The molecule has 0 N–H and O–H groups in total. The molecule has 24 heavy (non-hydrogen) atoms. The number of benzene rings is 1. The fourth-order valence-electron chi connectivity index (χ4n) is 3.29. The normalized spacial score (nSPS) is 21.9. The third kappa shape index (κ3) is 4.42. The van der Waals surface area contributed by atoms with Crippen molar-refractivity contribution in [2.75, 3.05) is 13.1 Å². The number of hydrogen-bond donors (Lipinski definition) is 0. The van der Waals surface area contributed by atoms with Crippen LogP contribution in [-0.4, -0.2) is 34.2 Å². The Labute approximate surface area is 143 Å². The maximum absolute atomic E-state index is 6.09. The van der Waals surface area contributed by atoms with Gasteiger partial charge in [0.15, 0.2) is 5.82 Å². The predicted molar refractivity (Wildman–Crippen MR) is 90.3 cm³/mol. The fraction of sp³-hybridized carbons (Fsp3) is 0.579. The largest absolute Gasteiger partial charge is 0.372 e. The minimum atomic E-state index is 0.285. The third-order valence-electron chi connectivity index (χ3n) is 4.83. The second-order valence-electron chi connectivity index (χ2n) is 7.05. The molecule has 1 aromatic carbocycles. The van der Waals surface area contributed by atoms with Crippen LogP contribution >= 0.6 is 0 Å². The number of hydrogen-bond acceptors (Lipinski definition) is 5. The van der Waals surface area contributed by atoms with Gasteiger partial charge in [-0.1, -0.05) is 35.5 Å². The molecule has 0 unspecified atom stereocenters. The van der Waals surface area contributed by atoms with Gasteiger partial charge in [-0.3, -0.25) is 4.90 Å². The van der Waals surface area contributed by atoms with Crippen LogP contribution in [0.2, 0.25) is 0 Å². The van der Waals surface area contributed by atoms with E-state index >= 15 is 0 Å². The number of aromatic nitrogens is 2. The summed E-state index contributed by atoms with van der Waals surface area (Å²) in [4.78, 5) is 6.91. The summed E-state index contributed by atoms with van der Waals surface area (Å²) in [6.45, 7) is 3.44. The summed E-state index contributed by atoms with van der Waals surface area (Å²) in [5, 5.41) is 4.11. The Balaban J connectivity index is 1.25. The molecule has 0 amide bonds. The highest BCUT2D eigenvalue weighted by Gasteiger charge is 2.25. The number of piperidine rings is 1. The van der Waals surface area contributed by atoms with Gasteiger partial charge in [0, 0.05) is 13.0 Å². The molecule has 2 aliphatic rings. The van der Waals surface area contributed by atoms with Gasteiger partial charge < -0.3 is 9.26 Å². The Morgan fingerprint density at radius 3 is 2.88 bits per heavy atom. The second kappa shape index (κ2) is 7.45. The van der Waals surface area contributed by atoms with Gasteiger partial charge in [-0.2, -0.15) is 4.98 Å². The van der Waals surface area contributed by atoms with Gasteiger partial charge in [-0.05, 0) is 43.7 Å². The van der Waals surface area contributed by atoms with Crippen LogP contribution in [0.25, 0.3) is 0 Å². The molecular weight excluding hydrogens is 302 g/mol. The molecule has 1 aliphatic heterocycles. The molecule has 1 saturated heterocycles. The monoisotopic (exact) mass is 327 g/mol. The van der Waals surface area contributed by atoms with Crippen LogP contribution in [-0.2, 0) is 24.3 Å².